The quantitative estimate of drug-likeness (QED) is 0.502. The van der Waals surface area contributed by atoms with Crippen LogP contribution >= 0.6 is 7.60 Å². The summed E-state index contributed by atoms with van der Waals surface area (Å²) < 4.78 is 26.6. The fourth-order valence-electron chi connectivity index (χ4n) is 0.980. The molecule has 0 aliphatic heterocycles. The van der Waals surface area contributed by atoms with E-state index in [0.29, 0.717) is 0 Å². The number of carbonyl (C=O) groups excluding carboxylic acids is 1. The van der Waals surface area contributed by atoms with E-state index >= 15 is 0 Å². The van der Waals surface area contributed by atoms with E-state index in [1.54, 1.807) is 27.7 Å². The molecule has 90 valence electrons. The predicted molar refractivity (Wildman–Crippen MR) is 57.0 cm³/mol. The zero-order valence-electron chi connectivity index (χ0n) is 9.69. The topological polar surface area (TPSA) is 61.8 Å². The lowest BCUT2D eigenvalue weighted by atomic mass is 10.5. The maximum atomic E-state index is 11.9. The SMILES string of the molecule is CCOP(=O)(CC(=O)OC(C)C)OCC. The zero-order chi connectivity index (χ0) is 11.9. The molecule has 0 N–H and O–H groups in total. The molecule has 0 aliphatic carbocycles. The van der Waals surface area contributed by atoms with E-state index < -0.39 is 13.6 Å². The zero-order valence-corrected chi connectivity index (χ0v) is 10.6. The monoisotopic (exact) mass is 238 g/mol. The van der Waals surface area contributed by atoms with Crippen LogP contribution in [0.2, 0.25) is 0 Å². The molecule has 6 heteroatoms. The van der Waals surface area contributed by atoms with Gasteiger partial charge in [0.15, 0.2) is 0 Å². The van der Waals surface area contributed by atoms with Crippen molar-refractivity contribution in [3.8, 4) is 0 Å². The van der Waals surface area contributed by atoms with Gasteiger partial charge in [-0.3, -0.25) is 9.36 Å². The summed E-state index contributed by atoms with van der Waals surface area (Å²) >= 11 is 0. The molecule has 0 saturated carbocycles. The van der Waals surface area contributed by atoms with Crippen molar-refractivity contribution < 1.29 is 23.1 Å². The molecule has 0 aromatic heterocycles. The van der Waals surface area contributed by atoms with Crippen molar-refractivity contribution >= 4 is 13.6 Å². The second kappa shape index (κ2) is 6.99. The lowest BCUT2D eigenvalue weighted by molar-refractivity contribution is -0.144. The molecule has 5 nitrogen and oxygen atoms in total. The first kappa shape index (κ1) is 14.6. The lowest BCUT2D eigenvalue weighted by Crippen LogP contribution is -2.17. The summed E-state index contributed by atoms with van der Waals surface area (Å²) in [5, 5.41) is 0. The van der Waals surface area contributed by atoms with Crippen molar-refractivity contribution in [2.24, 2.45) is 0 Å². The van der Waals surface area contributed by atoms with Crippen molar-refractivity contribution in [3.63, 3.8) is 0 Å². The van der Waals surface area contributed by atoms with Gasteiger partial charge < -0.3 is 13.8 Å². The minimum absolute atomic E-state index is 0.228. The third-order valence-electron chi connectivity index (χ3n) is 1.34. The Kier molecular flexibility index (Phi) is 6.81. The summed E-state index contributed by atoms with van der Waals surface area (Å²) in [7, 11) is -3.31. The highest BCUT2D eigenvalue weighted by molar-refractivity contribution is 7.54. The van der Waals surface area contributed by atoms with Crippen LogP contribution in [0.3, 0.4) is 0 Å². The maximum absolute atomic E-state index is 11.9. The molecule has 0 heterocycles. The Labute approximate surface area is 90.6 Å². The number of carbonyl (C=O) groups is 1. The van der Waals surface area contributed by atoms with Crippen molar-refractivity contribution in [2.45, 2.75) is 33.8 Å². The molecule has 0 aliphatic rings. The van der Waals surface area contributed by atoms with Gasteiger partial charge in [0.2, 0.25) is 0 Å². The number of hydrogen-bond donors (Lipinski definition) is 0. The maximum Gasteiger partial charge on any atom is 0.341 e. The molecule has 0 aromatic rings. The van der Waals surface area contributed by atoms with E-state index in [9.17, 15) is 9.36 Å². The van der Waals surface area contributed by atoms with Crippen LogP contribution in [-0.2, 0) is 23.1 Å². The van der Waals surface area contributed by atoms with Crippen molar-refractivity contribution in [1.82, 2.24) is 0 Å². The van der Waals surface area contributed by atoms with Crippen LogP contribution in [-0.4, -0.2) is 31.4 Å². The molecular weight excluding hydrogens is 219 g/mol. The van der Waals surface area contributed by atoms with E-state index in [1.807, 2.05) is 0 Å². The van der Waals surface area contributed by atoms with Gasteiger partial charge in [-0.25, -0.2) is 0 Å². The van der Waals surface area contributed by atoms with Crippen LogP contribution < -0.4 is 0 Å². The first-order valence-electron chi connectivity index (χ1n) is 5.01. The molecule has 0 aromatic carbocycles. The van der Waals surface area contributed by atoms with Crippen LogP contribution in [0.15, 0.2) is 0 Å². The van der Waals surface area contributed by atoms with Gasteiger partial charge in [0.25, 0.3) is 0 Å². The van der Waals surface area contributed by atoms with Gasteiger partial charge in [-0.05, 0) is 27.7 Å². The average Bonchev–Trinajstić information content (AvgIpc) is 2.01. The van der Waals surface area contributed by atoms with Crippen LogP contribution in [0.1, 0.15) is 27.7 Å². The average molecular weight is 238 g/mol. The first-order valence-corrected chi connectivity index (χ1v) is 6.74. The summed E-state index contributed by atoms with van der Waals surface area (Å²) in [5.74, 6) is -0.560. The number of ether oxygens (including phenoxy) is 1. The highest BCUT2D eigenvalue weighted by Gasteiger charge is 2.28. The van der Waals surface area contributed by atoms with E-state index in [0.717, 1.165) is 0 Å². The van der Waals surface area contributed by atoms with Gasteiger partial charge in [0, 0.05) is 0 Å². The Balaban J connectivity index is 4.27. The number of hydrogen-bond acceptors (Lipinski definition) is 5. The Morgan fingerprint density at radius 3 is 2.00 bits per heavy atom. The largest absolute Gasteiger partial charge is 0.462 e. The Bertz CT molecular complexity index is 229. The lowest BCUT2D eigenvalue weighted by Gasteiger charge is -2.16. The molecule has 0 rings (SSSR count). The standard InChI is InChI=1S/C9H19O5P/c1-5-12-15(11,13-6-2)7-9(10)14-8(3)4/h8H,5-7H2,1-4H3. The summed E-state index contributed by atoms with van der Waals surface area (Å²) in [6.07, 6.45) is -0.554. The van der Waals surface area contributed by atoms with Gasteiger partial charge in [0.1, 0.15) is 6.16 Å². The molecule has 0 unspecified atom stereocenters. The van der Waals surface area contributed by atoms with Gasteiger partial charge in [0.05, 0.1) is 19.3 Å². The Morgan fingerprint density at radius 1 is 1.20 bits per heavy atom. The Morgan fingerprint density at radius 2 is 1.67 bits per heavy atom. The Hall–Kier alpha value is -0.380. The molecule has 0 spiro atoms. The van der Waals surface area contributed by atoms with Gasteiger partial charge in [-0.2, -0.15) is 0 Å². The minimum Gasteiger partial charge on any atom is -0.462 e. The van der Waals surface area contributed by atoms with Gasteiger partial charge >= 0.3 is 13.6 Å². The number of rotatable bonds is 7. The van der Waals surface area contributed by atoms with Crippen LogP contribution in [0.5, 0.6) is 0 Å². The van der Waals surface area contributed by atoms with Crippen LogP contribution in [0, 0.1) is 0 Å². The highest BCUT2D eigenvalue weighted by atomic mass is 31.2. The summed E-state index contributed by atoms with van der Waals surface area (Å²) in [6, 6.07) is 0. The van der Waals surface area contributed by atoms with E-state index in [4.69, 9.17) is 13.8 Å². The highest BCUT2D eigenvalue weighted by Crippen LogP contribution is 2.47. The fraction of sp³-hybridized carbons (Fsp3) is 0.889. The minimum atomic E-state index is -3.31. The van der Waals surface area contributed by atoms with Crippen LogP contribution in [0.25, 0.3) is 0 Å². The van der Waals surface area contributed by atoms with Crippen molar-refractivity contribution in [2.75, 3.05) is 19.4 Å². The molecule has 0 bridgehead atoms. The van der Waals surface area contributed by atoms with Gasteiger partial charge in [-0.15, -0.1) is 0 Å². The molecule has 15 heavy (non-hydrogen) atoms. The third kappa shape index (κ3) is 6.66. The number of esters is 1. The molecule has 0 atom stereocenters. The normalized spacial score (nSPS) is 11.8. The summed E-state index contributed by atoms with van der Waals surface area (Å²) in [6.45, 7) is 7.33. The first-order chi connectivity index (χ1) is 6.93. The van der Waals surface area contributed by atoms with Gasteiger partial charge in [-0.1, -0.05) is 0 Å². The van der Waals surface area contributed by atoms with Crippen molar-refractivity contribution in [3.05, 3.63) is 0 Å². The smallest absolute Gasteiger partial charge is 0.341 e. The van der Waals surface area contributed by atoms with Crippen LogP contribution in [0.4, 0.5) is 0 Å². The second-order valence-electron chi connectivity index (χ2n) is 3.14. The molecule has 0 radical (unpaired) electrons. The molecular formula is C9H19O5P. The molecule has 0 saturated heterocycles. The molecule has 0 fully saturated rings. The van der Waals surface area contributed by atoms with E-state index in [1.165, 1.54) is 0 Å². The summed E-state index contributed by atoms with van der Waals surface area (Å²) in [5.41, 5.74) is 0. The van der Waals surface area contributed by atoms with Crippen molar-refractivity contribution in [1.29, 1.82) is 0 Å². The molecule has 0 amide bonds. The fourth-order valence-corrected chi connectivity index (χ4v) is 2.41. The second-order valence-corrected chi connectivity index (χ2v) is 5.20. The van der Waals surface area contributed by atoms with E-state index in [2.05, 4.69) is 0 Å². The summed E-state index contributed by atoms with van der Waals surface area (Å²) in [4.78, 5) is 11.3. The van der Waals surface area contributed by atoms with E-state index in [-0.39, 0.29) is 25.5 Å². The predicted octanol–water partition coefficient (Wildman–Crippen LogP) is 2.20. The third-order valence-corrected chi connectivity index (χ3v) is 3.29.